The van der Waals surface area contributed by atoms with Gasteiger partial charge in [-0.1, -0.05) is 18.5 Å². The van der Waals surface area contributed by atoms with E-state index < -0.39 is 5.76 Å². The van der Waals surface area contributed by atoms with E-state index in [9.17, 15) is 9.59 Å². The van der Waals surface area contributed by atoms with Crippen LogP contribution in [0.2, 0.25) is 5.02 Å². The number of carbonyl (C=O) groups is 1. The zero-order chi connectivity index (χ0) is 11.7. The third kappa shape index (κ3) is 1.81. The van der Waals surface area contributed by atoms with E-state index in [2.05, 4.69) is 5.43 Å². The minimum Gasteiger partial charge on any atom is -0.406 e. The molecule has 1 heterocycles. The number of fused-ring (bicyclic) bond motifs is 1. The van der Waals surface area contributed by atoms with Gasteiger partial charge >= 0.3 is 5.76 Å². The number of nitrogens with zero attached hydrogens (tertiary/aromatic N) is 1. The van der Waals surface area contributed by atoms with Gasteiger partial charge in [0.2, 0.25) is 5.91 Å². The van der Waals surface area contributed by atoms with Gasteiger partial charge in [-0.2, -0.15) is 4.68 Å². The van der Waals surface area contributed by atoms with Crippen LogP contribution in [0, 0.1) is 0 Å². The van der Waals surface area contributed by atoms with Gasteiger partial charge in [0.15, 0.2) is 5.58 Å². The maximum Gasteiger partial charge on any atom is 0.439 e. The van der Waals surface area contributed by atoms with Gasteiger partial charge in [0.05, 0.1) is 0 Å². The summed E-state index contributed by atoms with van der Waals surface area (Å²) in [5.74, 6) is -0.913. The van der Waals surface area contributed by atoms with Gasteiger partial charge in [0, 0.05) is 11.4 Å². The van der Waals surface area contributed by atoms with E-state index in [1.54, 1.807) is 25.1 Å². The molecule has 5 nitrogen and oxygen atoms in total. The summed E-state index contributed by atoms with van der Waals surface area (Å²) in [6, 6.07) is 4.74. The highest BCUT2D eigenvalue weighted by molar-refractivity contribution is 6.31. The fraction of sp³-hybridized carbons (Fsp3) is 0.200. The van der Waals surface area contributed by atoms with Crippen LogP contribution in [0.25, 0.3) is 11.1 Å². The Kier molecular flexibility index (Phi) is 2.70. The van der Waals surface area contributed by atoms with Gasteiger partial charge in [-0.3, -0.25) is 10.2 Å². The Balaban J connectivity index is 2.58. The Labute approximate surface area is 95.6 Å². The van der Waals surface area contributed by atoms with Crippen molar-refractivity contribution < 1.29 is 9.21 Å². The van der Waals surface area contributed by atoms with Crippen molar-refractivity contribution >= 4 is 28.6 Å². The first kappa shape index (κ1) is 10.8. The van der Waals surface area contributed by atoms with Crippen molar-refractivity contribution in [3.63, 3.8) is 0 Å². The topological polar surface area (TPSA) is 64.2 Å². The molecule has 0 aliphatic carbocycles. The van der Waals surface area contributed by atoms with Crippen molar-refractivity contribution in [2.24, 2.45) is 0 Å². The smallest absolute Gasteiger partial charge is 0.406 e. The lowest BCUT2D eigenvalue weighted by atomic mass is 10.3. The van der Waals surface area contributed by atoms with Crippen LogP contribution in [0.1, 0.15) is 13.3 Å². The molecule has 1 aromatic carbocycles. The van der Waals surface area contributed by atoms with Crippen LogP contribution >= 0.6 is 11.6 Å². The van der Waals surface area contributed by atoms with Crippen molar-refractivity contribution in [3.05, 3.63) is 33.8 Å². The lowest BCUT2D eigenvalue weighted by Gasteiger charge is -2.02. The number of halogens is 1. The van der Waals surface area contributed by atoms with Crippen LogP contribution in [0.3, 0.4) is 0 Å². The molecule has 0 atom stereocenters. The van der Waals surface area contributed by atoms with Gasteiger partial charge in [-0.25, -0.2) is 4.79 Å². The molecule has 1 aromatic heterocycles. The number of rotatable bonds is 2. The summed E-state index contributed by atoms with van der Waals surface area (Å²) in [5.41, 5.74) is 3.25. The molecule has 2 rings (SSSR count). The highest BCUT2D eigenvalue weighted by atomic mass is 35.5. The zero-order valence-electron chi connectivity index (χ0n) is 8.49. The lowest BCUT2D eigenvalue weighted by Crippen LogP contribution is -2.29. The van der Waals surface area contributed by atoms with Crippen molar-refractivity contribution in [2.45, 2.75) is 13.3 Å². The molecule has 1 amide bonds. The van der Waals surface area contributed by atoms with Crippen molar-refractivity contribution in [1.29, 1.82) is 0 Å². The molecular weight excluding hydrogens is 232 g/mol. The van der Waals surface area contributed by atoms with Crippen molar-refractivity contribution in [1.82, 2.24) is 4.68 Å². The molecule has 16 heavy (non-hydrogen) atoms. The lowest BCUT2D eigenvalue weighted by molar-refractivity contribution is -0.116. The van der Waals surface area contributed by atoms with E-state index in [0.29, 0.717) is 16.1 Å². The first-order valence-electron chi connectivity index (χ1n) is 4.72. The molecular formula is C10H9ClN2O3. The first-order chi connectivity index (χ1) is 7.61. The largest absolute Gasteiger partial charge is 0.439 e. The minimum absolute atomic E-state index is 0.273. The molecule has 2 aromatic rings. The second-order valence-corrected chi connectivity index (χ2v) is 3.64. The molecule has 0 fully saturated rings. The van der Waals surface area contributed by atoms with Crippen LogP contribution in [0.5, 0.6) is 0 Å². The first-order valence-corrected chi connectivity index (χ1v) is 5.10. The fourth-order valence-electron chi connectivity index (χ4n) is 1.30. The summed E-state index contributed by atoms with van der Waals surface area (Å²) >= 11 is 5.80. The van der Waals surface area contributed by atoms with E-state index >= 15 is 0 Å². The van der Waals surface area contributed by atoms with E-state index in [1.807, 2.05) is 0 Å². The average molecular weight is 241 g/mol. The summed E-state index contributed by atoms with van der Waals surface area (Å²) in [6.07, 6.45) is 0.277. The van der Waals surface area contributed by atoms with Crippen LogP contribution in [-0.2, 0) is 4.79 Å². The number of oxazole rings is 1. The van der Waals surface area contributed by atoms with Crippen LogP contribution in [-0.4, -0.2) is 10.6 Å². The number of hydrogen-bond acceptors (Lipinski definition) is 3. The molecule has 0 unspecified atom stereocenters. The fourth-order valence-corrected chi connectivity index (χ4v) is 1.47. The van der Waals surface area contributed by atoms with Gasteiger partial charge in [0.25, 0.3) is 0 Å². The molecule has 0 saturated heterocycles. The number of hydrogen-bond donors (Lipinski definition) is 1. The Bertz CT molecular complexity index is 600. The van der Waals surface area contributed by atoms with Crippen LogP contribution < -0.4 is 11.2 Å². The van der Waals surface area contributed by atoms with E-state index in [-0.39, 0.29) is 12.3 Å². The highest BCUT2D eigenvalue weighted by Gasteiger charge is 2.11. The normalized spacial score (nSPS) is 10.6. The predicted molar refractivity (Wildman–Crippen MR) is 60.1 cm³/mol. The van der Waals surface area contributed by atoms with Crippen LogP contribution in [0.15, 0.2) is 27.4 Å². The number of nitrogens with one attached hydrogen (secondary N) is 1. The standard InChI is InChI=1S/C10H9ClN2O3/c1-2-9(14)12-13-7-5-6(11)3-4-8(7)16-10(13)15/h3-5H,2H2,1H3,(H,12,14). The predicted octanol–water partition coefficient (Wildman–Crippen LogP) is 1.73. The molecule has 0 bridgehead atoms. The van der Waals surface area contributed by atoms with E-state index in [0.717, 1.165) is 4.68 Å². The van der Waals surface area contributed by atoms with Crippen molar-refractivity contribution in [3.8, 4) is 0 Å². The Hall–Kier alpha value is -1.75. The number of benzene rings is 1. The molecule has 0 aliphatic rings. The number of aromatic nitrogens is 1. The average Bonchev–Trinajstić information content (AvgIpc) is 2.55. The Morgan fingerprint density at radius 1 is 1.56 bits per heavy atom. The molecule has 0 radical (unpaired) electrons. The Morgan fingerprint density at radius 3 is 3.00 bits per heavy atom. The van der Waals surface area contributed by atoms with Gasteiger partial charge in [-0.05, 0) is 18.2 Å². The maximum atomic E-state index is 11.4. The summed E-state index contributed by atoms with van der Waals surface area (Å²) in [6.45, 7) is 1.69. The van der Waals surface area contributed by atoms with Gasteiger partial charge in [-0.15, -0.1) is 0 Å². The molecule has 0 aliphatic heterocycles. The third-order valence-electron chi connectivity index (χ3n) is 2.10. The molecule has 84 valence electrons. The second kappa shape index (κ2) is 4.02. The number of amides is 1. The second-order valence-electron chi connectivity index (χ2n) is 3.20. The van der Waals surface area contributed by atoms with Gasteiger partial charge < -0.3 is 4.42 Å². The maximum absolute atomic E-state index is 11.4. The molecule has 6 heteroatoms. The molecule has 1 N–H and O–H groups in total. The monoisotopic (exact) mass is 240 g/mol. The quantitative estimate of drug-likeness (QED) is 0.869. The van der Waals surface area contributed by atoms with Gasteiger partial charge in [0.1, 0.15) is 5.52 Å². The number of carbonyl (C=O) groups excluding carboxylic acids is 1. The van der Waals surface area contributed by atoms with E-state index in [1.165, 1.54) is 0 Å². The summed E-state index contributed by atoms with van der Waals surface area (Å²) in [4.78, 5) is 22.7. The molecule has 0 saturated carbocycles. The van der Waals surface area contributed by atoms with E-state index in [4.69, 9.17) is 16.0 Å². The summed E-state index contributed by atoms with van der Waals surface area (Å²) < 4.78 is 5.98. The van der Waals surface area contributed by atoms with Crippen LogP contribution in [0.4, 0.5) is 0 Å². The SMILES string of the molecule is CCC(=O)Nn1c(=O)oc2ccc(Cl)cc21. The summed E-state index contributed by atoms with van der Waals surface area (Å²) in [7, 11) is 0. The third-order valence-corrected chi connectivity index (χ3v) is 2.33. The summed E-state index contributed by atoms with van der Waals surface area (Å²) in [5, 5.41) is 0.466. The zero-order valence-corrected chi connectivity index (χ0v) is 9.25. The molecule has 0 spiro atoms. The Morgan fingerprint density at radius 2 is 2.31 bits per heavy atom. The van der Waals surface area contributed by atoms with Crippen molar-refractivity contribution in [2.75, 3.05) is 5.43 Å². The minimum atomic E-state index is -0.640. The highest BCUT2D eigenvalue weighted by Crippen LogP contribution is 2.17.